The van der Waals surface area contributed by atoms with E-state index in [1.54, 1.807) is 0 Å². The average molecular weight is 288 g/mol. The zero-order chi connectivity index (χ0) is 15.2. The van der Waals surface area contributed by atoms with Crippen LogP contribution in [-0.4, -0.2) is 29.8 Å². The second-order valence-electron chi connectivity index (χ2n) is 6.03. The molecule has 0 saturated heterocycles. The molecule has 1 heterocycles. The number of amides is 2. The third-order valence-corrected chi connectivity index (χ3v) is 3.74. The molecule has 0 atom stereocenters. The molecule has 1 aromatic carbocycles. The van der Waals surface area contributed by atoms with Crippen LogP contribution >= 0.6 is 0 Å². The Morgan fingerprint density at radius 1 is 1.24 bits per heavy atom. The van der Waals surface area contributed by atoms with Crippen LogP contribution in [0.1, 0.15) is 37.8 Å². The minimum atomic E-state index is 0.0294. The first-order valence-electron chi connectivity index (χ1n) is 7.67. The van der Waals surface area contributed by atoms with Crippen molar-refractivity contribution in [3.8, 4) is 0 Å². The summed E-state index contributed by atoms with van der Waals surface area (Å²) in [6, 6.07) is 8.27. The fourth-order valence-corrected chi connectivity index (χ4v) is 2.62. The lowest BCUT2D eigenvalue weighted by Gasteiger charge is -2.29. The fourth-order valence-electron chi connectivity index (χ4n) is 2.62. The predicted octanol–water partition coefficient (Wildman–Crippen LogP) is 2.12. The lowest BCUT2D eigenvalue weighted by Crippen LogP contribution is -2.38. The van der Waals surface area contributed by atoms with E-state index >= 15 is 0 Å². The molecule has 0 bridgehead atoms. The number of carbonyl (C=O) groups is 2. The Kier molecular flexibility index (Phi) is 5.37. The molecule has 2 rings (SSSR count). The normalized spacial score (nSPS) is 14.0. The first-order valence-corrected chi connectivity index (χ1v) is 7.67. The molecule has 0 unspecified atom stereocenters. The molecule has 114 valence electrons. The number of carbonyl (C=O) groups excluding carboxylic acids is 2. The second-order valence-corrected chi connectivity index (χ2v) is 6.03. The molecule has 4 nitrogen and oxygen atoms in total. The first-order chi connectivity index (χ1) is 10.1. The topological polar surface area (TPSA) is 49.4 Å². The maximum absolute atomic E-state index is 12.2. The van der Waals surface area contributed by atoms with Crippen LogP contribution in [0, 0.1) is 5.92 Å². The largest absolute Gasteiger partial charge is 0.356 e. The van der Waals surface area contributed by atoms with Crippen LogP contribution in [0.4, 0.5) is 0 Å². The van der Waals surface area contributed by atoms with Crippen LogP contribution in [0.25, 0.3) is 0 Å². The van der Waals surface area contributed by atoms with E-state index < -0.39 is 0 Å². The molecule has 4 heteroatoms. The fraction of sp³-hybridized carbons (Fsp3) is 0.529. The summed E-state index contributed by atoms with van der Waals surface area (Å²) in [7, 11) is 0. The van der Waals surface area contributed by atoms with Crippen molar-refractivity contribution >= 4 is 11.8 Å². The van der Waals surface area contributed by atoms with Gasteiger partial charge in [0.15, 0.2) is 0 Å². The Morgan fingerprint density at radius 2 is 1.95 bits per heavy atom. The number of benzene rings is 1. The Labute approximate surface area is 126 Å². The molecule has 0 aromatic heterocycles. The van der Waals surface area contributed by atoms with Gasteiger partial charge in [-0.15, -0.1) is 0 Å². The van der Waals surface area contributed by atoms with Gasteiger partial charge in [-0.1, -0.05) is 38.1 Å². The van der Waals surface area contributed by atoms with Crippen LogP contribution < -0.4 is 5.32 Å². The van der Waals surface area contributed by atoms with Crippen LogP contribution in [0.2, 0.25) is 0 Å². The quantitative estimate of drug-likeness (QED) is 0.902. The molecule has 1 aromatic rings. The number of hydrogen-bond acceptors (Lipinski definition) is 2. The van der Waals surface area contributed by atoms with Gasteiger partial charge in [-0.2, -0.15) is 0 Å². The second kappa shape index (κ2) is 7.25. The lowest BCUT2D eigenvalue weighted by atomic mass is 10.00. The Balaban J connectivity index is 1.76. The van der Waals surface area contributed by atoms with Gasteiger partial charge < -0.3 is 10.2 Å². The zero-order valence-corrected chi connectivity index (χ0v) is 12.9. The summed E-state index contributed by atoms with van der Waals surface area (Å²) in [5, 5.41) is 2.82. The first kappa shape index (κ1) is 15.5. The van der Waals surface area contributed by atoms with Crippen molar-refractivity contribution in [2.24, 2.45) is 5.92 Å². The van der Waals surface area contributed by atoms with E-state index in [-0.39, 0.29) is 11.8 Å². The van der Waals surface area contributed by atoms with Gasteiger partial charge in [0.25, 0.3) is 0 Å². The minimum absolute atomic E-state index is 0.0294. The smallest absolute Gasteiger partial charge is 0.224 e. The summed E-state index contributed by atoms with van der Waals surface area (Å²) in [4.78, 5) is 25.6. The predicted molar refractivity (Wildman–Crippen MR) is 82.6 cm³/mol. The Bertz CT molecular complexity index is 511. The molecular formula is C17H24N2O2. The SMILES string of the molecule is CC(C)CC(=O)NCCC(=O)N1CCc2ccccc2C1. The molecule has 0 aliphatic carbocycles. The van der Waals surface area contributed by atoms with E-state index in [0.717, 1.165) is 13.0 Å². The van der Waals surface area contributed by atoms with Crippen LogP contribution in [0.5, 0.6) is 0 Å². The molecule has 0 radical (unpaired) electrons. The zero-order valence-electron chi connectivity index (χ0n) is 12.9. The highest BCUT2D eigenvalue weighted by Gasteiger charge is 2.19. The number of hydrogen-bond donors (Lipinski definition) is 1. The summed E-state index contributed by atoms with van der Waals surface area (Å²) in [5.41, 5.74) is 2.58. The summed E-state index contributed by atoms with van der Waals surface area (Å²) in [6.07, 6.45) is 1.82. The van der Waals surface area contributed by atoms with E-state index in [1.165, 1.54) is 11.1 Å². The van der Waals surface area contributed by atoms with Gasteiger partial charge in [0, 0.05) is 32.5 Å². The Hall–Kier alpha value is -1.84. The minimum Gasteiger partial charge on any atom is -0.356 e. The van der Waals surface area contributed by atoms with E-state index in [0.29, 0.717) is 31.8 Å². The van der Waals surface area contributed by atoms with Crippen molar-refractivity contribution in [1.82, 2.24) is 10.2 Å². The molecule has 0 saturated carbocycles. The van der Waals surface area contributed by atoms with Crippen molar-refractivity contribution in [2.75, 3.05) is 13.1 Å². The lowest BCUT2D eigenvalue weighted by molar-refractivity contribution is -0.132. The van der Waals surface area contributed by atoms with Gasteiger partial charge in [-0.3, -0.25) is 9.59 Å². The van der Waals surface area contributed by atoms with Gasteiger partial charge in [-0.25, -0.2) is 0 Å². The van der Waals surface area contributed by atoms with E-state index in [9.17, 15) is 9.59 Å². The van der Waals surface area contributed by atoms with Gasteiger partial charge in [0.1, 0.15) is 0 Å². The number of nitrogens with one attached hydrogen (secondary N) is 1. The number of nitrogens with zero attached hydrogens (tertiary/aromatic N) is 1. The third-order valence-electron chi connectivity index (χ3n) is 3.74. The van der Waals surface area contributed by atoms with Crippen molar-refractivity contribution < 1.29 is 9.59 Å². The molecule has 1 N–H and O–H groups in total. The Morgan fingerprint density at radius 3 is 2.67 bits per heavy atom. The van der Waals surface area contributed by atoms with Crippen molar-refractivity contribution in [2.45, 2.75) is 39.7 Å². The highest BCUT2D eigenvalue weighted by molar-refractivity contribution is 5.79. The highest BCUT2D eigenvalue weighted by atomic mass is 16.2. The highest BCUT2D eigenvalue weighted by Crippen LogP contribution is 2.18. The molecule has 21 heavy (non-hydrogen) atoms. The molecule has 2 amide bonds. The van der Waals surface area contributed by atoms with E-state index in [2.05, 4.69) is 17.4 Å². The standard InChI is InChI=1S/C17H24N2O2/c1-13(2)11-16(20)18-9-7-17(21)19-10-8-14-5-3-4-6-15(14)12-19/h3-6,13H,7-12H2,1-2H3,(H,18,20). The molecule has 0 spiro atoms. The van der Waals surface area contributed by atoms with Gasteiger partial charge in [0.05, 0.1) is 0 Å². The maximum Gasteiger partial charge on any atom is 0.224 e. The van der Waals surface area contributed by atoms with Crippen LogP contribution in [0.3, 0.4) is 0 Å². The molecule has 0 fully saturated rings. The van der Waals surface area contributed by atoms with Crippen LogP contribution in [0.15, 0.2) is 24.3 Å². The van der Waals surface area contributed by atoms with Crippen molar-refractivity contribution in [1.29, 1.82) is 0 Å². The monoisotopic (exact) mass is 288 g/mol. The molecular weight excluding hydrogens is 264 g/mol. The van der Waals surface area contributed by atoms with E-state index in [1.807, 2.05) is 30.9 Å². The van der Waals surface area contributed by atoms with Gasteiger partial charge in [-0.05, 0) is 23.5 Å². The van der Waals surface area contributed by atoms with Gasteiger partial charge >= 0.3 is 0 Å². The van der Waals surface area contributed by atoms with Gasteiger partial charge in [0.2, 0.25) is 11.8 Å². The third kappa shape index (κ3) is 4.59. The average Bonchev–Trinajstić information content (AvgIpc) is 2.45. The number of rotatable bonds is 5. The van der Waals surface area contributed by atoms with Crippen molar-refractivity contribution in [3.05, 3.63) is 35.4 Å². The molecule has 1 aliphatic heterocycles. The van der Waals surface area contributed by atoms with Crippen LogP contribution in [-0.2, 0) is 22.6 Å². The molecule has 1 aliphatic rings. The summed E-state index contributed by atoms with van der Waals surface area (Å²) >= 11 is 0. The number of fused-ring (bicyclic) bond motifs is 1. The maximum atomic E-state index is 12.2. The summed E-state index contributed by atoms with van der Waals surface area (Å²) in [6.45, 7) is 5.92. The summed E-state index contributed by atoms with van der Waals surface area (Å²) < 4.78 is 0. The summed E-state index contributed by atoms with van der Waals surface area (Å²) in [5.74, 6) is 0.496. The van der Waals surface area contributed by atoms with Crippen molar-refractivity contribution in [3.63, 3.8) is 0 Å². The van der Waals surface area contributed by atoms with E-state index in [4.69, 9.17) is 0 Å².